The number of benzene rings is 1. The second kappa shape index (κ2) is 14.7. The monoisotopic (exact) mass is 806 g/mol. The number of carbonyl (C=O) groups excluding carboxylic acids is 4. The maximum Gasteiger partial charge on any atom is 0.323 e. The zero-order chi connectivity index (χ0) is 36.4. The second-order valence-corrected chi connectivity index (χ2v) is 13.3. The van der Waals surface area contributed by atoms with Gasteiger partial charge in [0.25, 0.3) is 11.1 Å². The average molecular weight is 808 g/mol. The molecule has 0 spiro atoms. The van der Waals surface area contributed by atoms with Gasteiger partial charge in [0, 0.05) is 36.8 Å². The van der Waals surface area contributed by atoms with Gasteiger partial charge >= 0.3 is 23.9 Å². The van der Waals surface area contributed by atoms with Crippen molar-refractivity contribution in [3.05, 3.63) is 93.1 Å². The van der Waals surface area contributed by atoms with Gasteiger partial charge in [0.15, 0.2) is 10.8 Å². The number of H-pyrrole nitrogens is 1. The van der Waals surface area contributed by atoms with E-state index in [9.17, 15) is 28.8 Å². The third-order valence-corrected chi connectivity index (χ3v) is 10.8. The number of aromatic amines is 1. The molecule has 15 heteroatoms. The first kappa shape index (κ1) is 37.6. The van der Waals surface area contributed by atoms with Gasteiger partial charge in [-0.05, 0) is 85.7 Å². The van der Waals surface area contributed by atoms with Gasteiger partial charge in [-0.25, -0.2) is 0 Å². The van der Waals surface area contributed by atoms with Crippen LogP contribution in [0.15, 0.2) is 43.1 Å². The van der Waals surface area contributed by atoms with Crippen LogP contribution in [0.1, 0.15) is 38.9 Å². The number of fused-ring (bicyclic) bond motifs is 2. The highest BCUT2D eigenvalue weighted by Gasteiger charge is 2.55. The zero-order valence-electron chi connectivity index (χ0n) is 28.0. The van der Waals surface area contributed by atoms with Gasteiger partial charge in [-0.15, -0.1) is 0 Å². The van der Waals surface area contributed by atoms with E-state index in [1.165, 1.54) is 28.4 Å². The Morgan fingerprint density at radius 1 is 0.694 bits per heavy atom. The number of nitrogens with zero attached hydrogens (tertiary/aromatic N) is 1. The van der Waals surface area contributed by atoms with Crippen LogP contribution in [-0.4, -0.2) is 69.0 Å². The Morgan fingerprint density at radius 2 is 1.12 bits per heavy atom. The number of nitrogens with one attached hydrogen (secondary N) is 1. The third-order valence-electron chi connectivity index (χ3n) is 9.23. The van der Waals surface area contributed by atoms with Crippen molar-refractivity contribution in [3.63, 3.8) is 0 Å². The van der Waals surface area contributed by atoms with Crippen LogP contribution in [0, 0.1) is 24.7 Å². The molecule has 0 bridgehead atoms. The first-order chi connectivity index (χ1) is 23.2. The van der Waals surface area contributed by atoms with Gasteiger partial charge in [0.2, 0.25) is 0 Å². The molecule has 2 heterocycles. The van der Waals surface area contributed by atoms with Crippen LogP contribution in [0.4, 0.5) is 0 Å². The summed E-state index contributed by atoms with van der Waals surface area (Å²) in [5.41, 5.74) is 1.44. The molecule has 0 saturated carbocycles. The molecule has 2 aliphatic carbocycles. The van der Waals surface area contributed by atoms with E-state index in [0.717, 1.165) is 22.4 Å². The predicted molar refractivity (Wildman–Crippen MR) is 182 cm³/mol. The van der Waals surface area contributed by atoms with Gasteiger partial charge in [-0.3, -0.25) is 33.3 Å². The zero-order valence-corrected chi connectivity index (χ0v) is 31.2. The Kier molecular flexibility index (Phi) is 11.3. The molecule has 3 aromatic rings. The molecule has 1 N–H and O–H groups in total. The summed E-state index contributed by atoms with van der Waals surface area (Å²) in [5, 5.41) is 0. The van der Waals surface area contributed by atoms with Crippen molar-refractivity contribution in [2.75, 3.05) is 35.5 Å². The molecule has 0 aliphatic heterocycles. The van der Waals surface area contributed by atoms with Crippen LogP contribution in [0.5, 0.6) is 5.75 Å². The summed E-state index contributed by atoms with van der Waals surface area (Å²) in [7, 11) is 6.52. The van der Waals surface area contributed by atoms with Crippen molar-refractivity contribution in [1.82, 2.24) is 9.55 Å². The summed E-state index contributed by atoms with van der Waals surface area (Å²) in [6.07, 6.45) is 0.423. The van der Waals surface area contributed by atoms with Gasteiger partial charge < -0.3 is 28.7 Å². The van der Waals surface area contributed by atoms with E-state index >= 15 is 0 Å². The normalized spacial score (nSPS) is 14.8. The molecule has 0 radical (unpaired) electrons. The first-order valence-electron chi connectivity index (χ1n) is 14.9. The van der Waals surface area contributed by atoms with E-state index in [-0.39, 0.29) is 36.8 Å². The number of pyridine rings is 2. The lowest BCUT2D eigenvalue weighted by atomic mass is 9.84. The van der Waals surface area contributed by atoms with Crippen LogP contribution in [-0.2, 0) is 70.4 Å². The second-order valence-electron chi connectivity index (χ2n) is 11.8. The first-order valence-corrected chi connectivity index (χ1v) is 16.5. The smallest absolute Gasteiger partial charge is 0.323 e. The van der Waals surface area contributed by atoms with Crippen molar-refractivity contribution in [1.29, 1.82) is 0 Å². The molecule has 1 aromatic carbocycles. The lowest BCUT2D eigenvalue weighted by molar-refractivity contribution is -0.170. The number of ether oxygens (including phenoxy) is 5. The molecule has 49 heavy (non-hydrogen) atoms. The van der Waals surface area contributed by atoms with Gasteiger partial charge in [0.05, 0.1) is 51.3 Å². The number of halogens is 2. The van der Waals surface area contributed by atoms with Crippen LogP contribution in [0.2, 0.25) is 0 Å². The highest BCUT2D eigenvalue weighted by atomic mass is 79.9. The molecular formula is C34H36Br2N2O11. The third kappa shape index (κ3) is 6.57. The molecule has 0 saturated heterocycles. The quantitative estimate of drug-likeness (QED) is 0.161. The Bertz CT molecular complexity index is 1920. The van der Waals surface area contributed by atoms with Crippen molar-refractivity contribution in [3.8, 4) is 5.75 Å². The molecule has 0 fully saturated rings. The van der Waals surface area contributed by atoms with E-state index in [1.54, 1.807) is 25.5 Å². The summed E-state index contributed by atoms with van der Waals surface area (Å²) in [5.74, 6) is -1.91. The van der Waals surface area contributed by atoms with E-state index in [2.05, 4.69) is 36.8 Å². The Hall–Kier alpha value is -4.24. The summed E-state index contributed by atoms with van der Waals surface area (Å²) < 4.78 is 27.1. The topological polar surface area (TPSA) is 169 Å². The molecule has 0 amide bonds. The molecule has 0 atom stereocenters. The Labute approximate surface area is 298 Å². The van der Waals surface area contributed by atoms with E-state index in [0.29, 0.717) is 38.0 Å². The van der Waals surface area contributed by atoms with Crippen molar-refractivity contribution < 1.29 is 42.9 Å². The van der Waals surface area contributed by atoms with Gasteiger partial charge in [-0.1, -0.05) is 12.1 Å². The van der Waals surface area contributed by atoms with E-state index in [4.69, 9.17) is 23.7 Å². The number of carbonyl (C=O) groups is 4. The van der Waals surface area contributed by atoms with Crippen LogP contribution < -0.4 is 15.9 Å². The predicted octanol–water partition coefficient (Wildman–Crippen LogP) is 3.28. The summed E-state index contributed by atoms with van der Waals surface area (Å²) >= 11 is 6.80. The van der Waals surface area contributed by atoms with E-state index in [1.807, 2.05) is 24.3 Å². The Balaban J connectivity index is 0.000000237. The number of hydrogen-bond acceptors (Lipinski definition) is 11. The fraction of sp³-hybridized carbons (Fsp3) is 0.412. The van der Waals surface area contributed by atoms with Crippen LogP contribution >= 0.6 is 31.9 Å². The minimum absolute atomic E-state index is 0.0741. The standard InChI is InChI=1S/C21H22BrNO6.C13H14BrNO5/c1-12-15-9-21(19(25)28-3,20(26)29-4)10-16(15)17(22)23(18(12)24)11-13-5-7-14(27-2)8-6-13;1-6-7-4-13(11(17)19-2,12(18)20-3)5-8(7)9(14)15-10(6)16/h5-8H,9-11H2,1-4H3;4-5H2,1-3H3,(H,15,16). The number of methoxy groups -OCH3 is 5. The SMILES string of the molecule is COC(=O)C1(C(=O)OC)Cc2c(Br)[nH]c(=O)c(C)c2C1.COC(=O)C1(C(=O)OC)Cc2c(c(Br)n(Cc3ccc(OC)cc3)c(=O)c2C)C1. The van der Waals surface area contributed by atoms with Crippen molar-refractivity contribution >= 4 is 55.7 Å². The molecule has 2 aliphatic rings. The van der Waals surface area contributed by atoms with Gasteiger partial charge in [-0.2, -0.15) is 0 Å². The fourth-order valence-corrected chi connectivity index (χ4v) is 7.68. The Morgan fingerprint density at radius 3 is 1.57 bits per heavy atom. The number of rotatable bonds is 7. The molecule has 262 valence electrons. The minimum Gasteiger partial charge on any atom is -0.497 e. The van der Waals surface area contributed by atoms with Crippen LogP contribution in [0.3, 0.4) is 0 Å². The van der Waals surface area contributed by atoms with Crippen molar-refractivity contribution in [2.45, 2.75) is 46.1 Å². The molecule has 0 unspecified atom stereocenters. The molecular weight excluding hydrogens is 772 g/mol. The average Bonchev–Trinajstić information content (AvgIpc) is 3.74. The highest BCUT2D eigenvalue weighted by Crippen LogP contribution is 2.43. The maximum absolute atomic E-state index is 13.0. The minimum atomic E-state index is -1.48. The summed E-state index contributed by atoms with van der Waals surface area (Å²) in [6, 6.07) is 7.42. The highest BCUT2D eigenvalue weighted by molar-refractivity contribution is 9.10. The number of esters is 4. The lowest BCUT2D eigenvalue weighted by Gasteiger charge is -2.22. The van der Waals surface area contributed by atoms with Crippen molar-refractivity contribution in [2.24, 2.45) is 10.8 Å². The fourth-order valence-electron chi connectivity index (χ4n) is 6.45. The number of hydrogen-bond donors (Lipinski definition) is 1. The largest absolute Gasteiger partial charge is 0.497 e. The van der Waals surface area contributed by atoms with Crippen LogP contribution in [0.25, 0.3) is 0 Å². The van der Waals surface area contributed by atoms with E-state index < -0.39 is 34.7 Å². The molecule has 2 aromatic heterocycles. The summed E-state index contributed by atoms with van der Waals surface area (Å²) in [6.45, 7) is 3.71. The molecule has 5 rings (SSSR count). The molecule has 13 nitrogen and oxygen atoms in total. The van der Waals surface area contributed by atoms with Gasteiger partial charge in [0.1, 0.15) is 5.75 Å². The maximum atomic E-state index is 13.0. The summed E-state index contributed by atoms with van der Waals surface area (Å²) in [4.78, 5) is 76.7. The number of aromatic nitrogens is 2. The lowest BCUT2D eigenvalue weighted by Crippen LogP contribution is -2.42.